The molecule has 0 aliphatic heterocycles. The predicted molar refractivity (Wildman–Crippen MR) is 138 cm³/mol. The van der Waals surface area contributed by atoms with Crippen LogP contribution in [0.2, 0.25) is 0 Å². The van der Waals surface area contributed by atoms with Crippen LogP contribution in [0, 0.1) is 5.92 Å². The molecule has 176 valence electrons. The van der Waals surface area contributed by atoms with Gasteiger partial charge in [-0.3, -0.25) is 4.79 Å². The Morgan fingerprint density at radius 3 is 2.32 bits per heavy atom. The van der Waals surface area contributed by atoms with E-state index in [4.69, 9.17) is 4.74 Å². The molecule has 34 heavy (non-hydrogen) atoms. The van der Waals surface area contributed by atoms with Gasteiger partial charge in [0.05, 0.1) is 0 Å². The van der Waals surface area contributed by atoms with Crippen LogP contribution in [0.4, 0.5) is 0 Å². The highest BCUT2D eigenvalue weighted by molar-refractivity contribution is 7.22. The van der Waals surface area contributed by atoms with E-state index in [-0.39, 0.29) is 23.3 Å². The third-order valence-electron chi connectivity index (χ3n) is 6.28. The van der Waals surface area contributed by atoms with E-state index < -0.39 is 0 Å². The molecule has 0 aliphatic rings. The summed E-state index contributed by atoms with van der Waals surface area (Å²) in [6.45, 7) is 4.92. The fourth-order valence-corrected chi connectivity index (χ4v) is 5.21. The van der Waals surface area contributed by atoms with Crippen molar-refractivity contribution >= 4 is 27.2 Å². The Morgan fingerprint density at radius 1 is 1.00 bits per heavy atom. The van der Waals surface area contributed by atoms with E-state index in [1.165, 1.54) is 11.3 Å². The van der Waals surface area contributed by atoms with E-state index in [0.29, 0.717) is 23.7 Å². The smallest absolute Gasteiger partial charge is 0.195 e. The summed E-state index contributed by atoms with van der Waals surface area (Å²) in [7, 11) is 1.94. The second-order valence-electron chi connectivity index (χ2n) is 8.48. The third kappa shape index (κ3) is 4.93. The first-order chi connectivity index (χ1) is 16.4. The first kappa shape index (κ1) is 23.8. The summed E-state index contributed by atoms with van der Waals surface area (Å²) < 4.78 is 6.80. The third-order valence-corrected chi connectivity index (χ3v) is 7.48. The molecule has 3 N–H and O–H groups in total. The molecule has 0 aliphatic carbocycles. The summed E-state index contributed by atoms with van der Waals surface area (Å²) in [5.41, 5.74) is 1.99. The lowest BCUT2D eigenvalue weighted by atomic mass is 9.97. The lowest BCUT2D eigenvalue weighted by molar-refractivity contribution is 0.104. The van der Waals surface area contributed by atoms with Gasteiger partial charge in [0.15, 0.2) is 5.78 Å². The molecule has 2 unspecified atom stereocenters. The minimum absolute atomic E-state index is 0.0979. The Morgan fingerprint density at radius 2 is 1.68 bits per heavy atom. The zero-order valence-corrected chi connectivity index (χ0v) is 20.4. The molecule has 2 atom stereocenters. The van der Waals surface area contributed by atoms with Crippen molar-refractivity contribution in [1.29, 1.82) is 0 Å². The standard InChI is InChI=1S/C28H29NO4S/c1-4-17(2)24(29-3)16-33-22-12-7-18(8-13-22)27(32)26-23-14-11-21(31)15-25(23)34-28(26)19-5-9-20(30)10-6-19/h5-15,17,24,29-31H,4,16H2,1-3H3. The van der Waals surface area contributed by atoms with Crippen LogP contribution in [0.15, 0.2) is 66.7 Å². The lowest BCUT2D eigenvalue weighted by Crippen LogP contribution is -2.37. The molecule has 3 aromatic carbocycles. The van der Waals surface area contributed by atoms with Gasteiger partial charge in [-0.25, -0.2) is 0 Å². The van der Waals surface area contributed by atoms with Crippen molar-refractivity contribution < 1.29 is 19.7 Å². The van der Waals surface area contributed by atoms with Gasteiger partial charge in [-0.15, -0.1) is 11.3 Å². The Labute approximate surface area is 203 Å². The number of ether oxygens (including phenoxy) is 1. The van der Waals surface area contributed by atoms with Gasteiger partial charge in [-0.05, 0) is 85.3 Å². The van der Waals surface area contributed by atoms with Crippen molar-refractivity contribution in [3.63, 3.8) is 0 Å². The second-order valence-corrected chi connectivity index (χ2v) is 9.53. The molecule has 6 heteroatoms. The maximum Gasteiger partial charge on any atom is 0.195 e. The average molecular weight is 476 g/mol. The van der Waals surface area contributed by atoms with Gasteiger partial charge in [-0.1, -0.05) is 20.3 Å². The molecule has 0 bridgehead atoms. The van der Waals surface area contributed by atoms with Crippen molar-refractivity contribution in [2.75, 3.05) is 13.7 Å². The molecule has 0 radical (unpaired) electrons. The fraction of sp³-hybridized carbons (Fsp3) is 0.250. The number of thiophene rings is 1. The summed E-state index contributed by atoms with van der Waals surface area (Å²) >= 11 is 1.45. The van der Waals surface area contributed by atoms with Crippen LogP contribution in [0.25, 0.3) is 20.5 Å². The van der Waals surface area contributed by atoms with E-state index in [0.717, 1.165) is 32.7 Å². The average Bonchev–Trinajstić information content (AvgIpc) is 3.23. The number of carbonyl (C=O) groups is 1. The maximum absolute atomic E-state index is 13.7. The van der Waals surface area contributed by atoms with Crippen LogP contribution in [0.3, 0.4) is 0 Å². The van der Waals surface area contributed by atoms with Crippen LogP contribution < -0.4 is 10.1 Å². The van der Waals surface area contributed by atoms with E-state index in [9.17, 15) is 15.0 Å². The molecule has 0 amide bonds. The van der Waals surface area contributed by atoms with Crippen molar-refractivity contribution in [3.05, 3.63) is 77.9 Å². The Kier molecular flexibility index (Phi) is 7.20. The molecule has 0 saturated heterocycles. The summed E-state index contributed by atoms with van der Waals surface area (Å²) in [6.07, 6.45) is 1.07. The van der Waals surface area contributed by atoms with E-state index in [1.807, 2.05) is 19.2 Å². The number of carbonyl (C=O) groups excluding carboxylic acids is 1. The molecule has 0 spiro atoms. The van der Waals surface area contributed by atoms with Crippen molar-refractivity contribution in [2.45, 2.75) is 26.3 Å². The molecule has 1 aromatic heterocycles. The van der Waals surface area contributed by atoms with Gasteiger partial charge in [0.1, 0.15) is 23.9 Å². The van der Waals surface area contributed by atoms with E-state index in [1.54, 1.807) is 54.6 Å². The molecule has 4 aromatic rings. The van der Waals surface area contributed by atoms with Crippen LogP contribution in [0.1, 0.15) is 36.2 Å². The molecule has 4 rings (SSSR count). The number of likely N-dealkylation sites (N-methyl/N-ethyl adjacent to an activating group) is 1. The zero-order valence-electron chi connectivity index (χ0n) is 19.5. The van der Waals surface area contributed by atoms with Gasteiger partial charge in [0, 0.05) is 32.1 Å². The topological polar surface area (TPSA) is 78.8 Å². The number of phenolic OH excluding ortho intramolecular Hbond substituents is 2. The first-order valence-electron chi connectivity index (χ1n) is 11.4. The van der Waals surface area contributed by atoms with Crippen molar-refractivity contribution in [3.8, 4) is 27.7 Å². The molecule has 5 nitrogen and oxygen atoms in total. The summed E-state index contributed by atoms with van der Waals surface area (Å²) in [5.74, 6) is 1.44. The van der Waals surface area contributed by atoms with E-state index in [2.05, 4.69) is 19.2 Å². The lowest BCUT2D eigenvalue weighted by Gasteiger charge is -2.22. The first-order valence-corrected chi connectivity index (χ1v) is 12.2. The summed E-state index contributed by atoms with van der Waals surface area (Å²) in [6, 6.07) is 19.4. The normalized spacial score (nSPS) is 13.0. The Balaban J connectivity index is 1.65. The minimum Gasteiger partial charge on any atom is -0.508 e. The van der Waals surface area contributed by atoms with Gasteiger partial charge in [-0.2, -0.15) is 0 Å². The highest BCUT2D eigenvalue weighted by atomic mass is 32.1. The van der Waals surface area contributed by atoms with Crippen LogP contribution in [0.5, 0.6) is 17.2 Å². The number of ketones is 1. The number of fused-ring (bicyclic) bond motifs is 1. The zero-order chi connectivity index (χ0) is 24.2. The molecule has 0 saturated carbocycles. The van der Waals surface area contributed by atoms with Crippen molar-refractivity contribution in [2.24, 2.45) is 5.92 Å². The van der Waals surface area contributed by atoms with Crippen LogP contribution in [-0.4, -0.2) is 35.7 Å². The second kappa shape index (κ2) is 10.3. The minimum atomic E-state index is -0.0979. The van der Waals surface area contributed by atoms with Gasteiger partial charge in [0.25, 0.3) is 0 Å². The number of rotatable bonds is 9. The number of hydrogen-bond donors (Lipinski definition) is 3. The van der Waals surface area contributed by atoms with Gasteiger partial charge in [0.2, 0.25) is 0 Å². The van der Waals surface area contributed by atoms with Gasteiger partial charge < -0.3 is 20.3 Å². The monoisotopic (exact) mass is 475 g/mol. The summed E-state index contributed by atoms with van der Waals surface area (Å²) in [4.78, 5) is 14.5. The largest absolute Gasteiger partial charge is 0.508 e. The number of aromatic hydroxyl groups is 2. The number of benzene rings is 3. The highest BCUT2D eigenvalue weighted by Gasteiger charge is 2.22. The molecule has 1 heterocycles. The highest BCUT2D eigenvalue weighted by Crippen LogP contribution is 2.41. The number of nitrogens with one attached hydrogen (secondary N) is 1. The van der Waals surface area contributed by atoms with Crippen LogP contribution >= 0.6 is 11.3 Å². The quantitative estimate of drug-likeness (QED) is 0.250. The number of hydrogen-bond acceptors (Lipinski definition) is 6. The molecular weight excluding hydrogens is 446 g/mol. The maximum atomic E-state index is 13.7. The Hall–Kier alpha value is -3.35. The SMILES string of the molecule is CCC(C)C(COc1ccc(C(=O)c2c(-c3ccc(O)cc3)sc3cc(O)ccc23)cc1)NC. The molecular formula is C28H29NO4S. The summed E-state index contributed by atoms with van der Waals surface area (Å²) in [5, 5.41) is 23.7. The van der Waals surface area contributed by atoms with Gasteiger partial charge >= 0.3 is 0 Å². The molecule has 0 fully saturated rings. The predicted octanol–water partition coefficient (Wildman–Crippen LogP) is 6.22. The van der Waals surface area contributed by atoms with Crippen LogP contribution in [-0.2, 0) is 0 Å². The van der Waals surface area contributed by atoms with E-state index >= 15 is 0 Å². The number of phenols is 2. The van der Waals surface area contributed by atoms with Crippen molar-refractivity contribution in [1.82, 2.24) is 5.32 Å². The fourth-order valence-electron chi connectivity index (χ4n) is 3.98. The Bertz CT molecular complexity index is 1280.